The zero-order valence-corrected chi connectivity index (χ0v) is 12.4. The minimum absolute atomic E-state index is 0.383. The van der Waals surface area contributed by atoms with Crippen molar-refractivity contribution in [3.63, 3.8) is 0 Å². The van der Waals surface area contributed by atoms with E-state index in [1.165, 1.54) is 11.3 Å². The summed E-state index contributed by atoms with van der Waals surface area (Å²) in [4.78, 5) is 4.19. The molecule has 0 fully saturated rings. The van der Waals surface area contributed by atoms with Gasteiger partial charge >= 0.3 is 0 Å². The van der Waals surface area contributed by atoms with Crippen LogP contribution in [0.15, 0.2) is 46.5 Å². The number of benzene rings is 1. The minimum atomic E-state index is -1.47. The third kappa shape index (κ3) is 2.78. The molecule has 1 atom stereocenters. The Labute approximate surface area is 126 Å². The second kappa shape index (κ2) is 5.85. The van der Waals surface area contributed by atoms with Gasteiger partial charge in [0.2, 0.25) is 0 Å². The van der Waals surface area contributed by atoms with Gasteiger partial charge in [0.15, 0.2) is 16.3 Å². The number of hydrogen-bond donors (Lipinski definition) is 2. The van der Waals surface area contributed by atoms with Crippen molar-refractivity contribution in [1.82, 2.24) is 10.3 Å². The van der Waals surface area contributed by atoms with E-state index in [4.69, 9.17) is 9.15 Å². The highest BCUT2D eigenvalue weighted by molar-refractivity contribution is 7.09. The van der Waals surface area contributed by atoms with Gasteiger partial charge in [-0.3, -0.25) is 0 Å². The van der Waals surface area contributed by atoms with E-state index in [9.17, 15) is 5.11 Å². The average Bonchev–Trinajstić information content (AvgIpc) is 3.16. The number of rotatable bonds is 6. The van der Waals surface area contributed by atoms with E-state index in [1.54, 1.807) is 18.5 Å². The summed E-state index contributed by atoms with van der Waals surface area (Å²) in [6.45, 7) is 0.601. The monoisotopic (exact) mass is 304 g/mol. The highest BCUT2D eigenvalue weighted by Crippen LogP contribution is 2.34. The van der Waals surface area contributed by atoms with E-state index in [1.807, 2.05) is 30.6 Å². The highest BCUT2D eigenvalue weighted by atomic mass is 32.1. The quantitative estimate of drug-likeness (QED) is 0.685. The van der Waals surface area contributed by atoms with E-state index in [-0.39, 0.29) is 0 Å². The molecule has 1 aromatic carbocycles. The lowest BCUT2D eigenvalue weighted by Gasteiger charge is -2.27. The van der Waals surface area contributed by atoms with Gasteiger partial charge in [0.05, 0.1) is 6.26 Å². The number of nitrogens with zero attached hydrogens (tertiary/aromatic N) is 1. The second-order valence-electron chi connectivity index (χ2n) is 4.67. The Morgan fingerprint density at radius 1 is 1.43 bits per heavy atom. The molecule has 0 saturated heterocycles. The molecular formula is C15H16N2O3S. The van der Waals surface area contributed by atoms with Crippen LogP contribution >= 0.6 is 11.3 Å². The number of hydrogen-bond acceptors (Lipinski definition) is 6. The first kappa shape index (κ1) is 14.1. The van der Waals surface area contributed by atoms with E-state index >= 15 is 0 Å². The molecular weight excluding hydrogens is 288 g/mol. The molecule has 0 radical (unpaired) electrons. The number of furan rings is 1. The standard InChI is InChI=1S/C15H16N2O3S/c1-16-7-6-15(18,14-17-8-10-21-14)20-12-4-2-3-11-5-9-19-13(11)12/h2-5,8-10,16,18H,6-7H2,1H3/t15-/m1/s1. The lowest BCUT2D eigenvalue weighted by Crippen LogP contribution is -2.35. The molecule has 3 rings (SSSR count). The predicted octanol–water partition coefficient (Wildman–Crippen LogP) is 2.72. The Morgan fingerprint density at radius 3 is 3.10 bits per heavy atom. The maximum absolute atomic E-state index is 10.9. The van der Waals surface area contributed by atoms with Crippen LogP contribution in [0.3, 0.4) is 0 Å². The number of ether oxygens (including phenoxy) is 1. The predicted molar refractivity (Wildman–Crippen MR) is 81.4 cm³/mol. The maximum atomic E-state index is 10.9. The molecule has 0 bridgehead atoms. The SMILES string of the molecule is CNCC[C@@](O)(Oc1cccc2ccoc12)c1nccs1. The highest BCUT2D eigenvalue weighted by Gasteiger charge is 2.35. The number of aliphatic hydroxyl groups is 1. The summed E-state index contributed by atoms with van der Waals surface area (Å²) in [6.07, 6.45) is 3.64. The van der Waals surface area contributed by atoms with Crippen LogP contribution < -0.4 is 10.1 Å². The number of thiazole rings is 1. The van der Waals surface area contributed by atoms with Crippen LogP contribution in [0.1, 0.15) is 11.4 Å². The molecule has 2 heterocycles. The number of para-hydroxylation sites is 1. The Hall–Kier alpha value is -1.89. The van der Waals surface area contributed by atoms with Gasteiger partial charge in [-0.25, -0.2) is 4.98 Å². The summed E-state index contributed by atoms with van der Waals surface area (Å²) in [5.41, 5.74) is 0.622. The lowest BCUT2D eigenvalue weighted by atomic mass is 10.2. The molecule has 5 nitrogen and oxygen atoms in total. The summed E-state index contributed by atoms with van der Waals surface area (Å²) >= 11 is 1.36. The second-order valence-corrected chi connectivity index (χ2v) is 5.57. The minimum Gasteiger partial charge on any atom is -0.460 e. The largest absolute Gasteiger partial charge is 0.460 e. The van der Waals surface area contributed by atoms with Crippen molar-refractivity contribution in [2.24, 2.45) is 0 Å². The zero-order valence-electron chi connectivity index (χ0n) is 11.6. The first-order valence-corrected chi connectivity index (χ1v) is 7.53. The van der Waals surface area contributed by atoms with Crippen molar-refractivity contribution >= 4 is 22.3 Å². The van der Waals surface area contributed by atoms with Crippen molar-refractivity contribution in [3.8, 4) is 5.75 Å². The third-order valence-electron chi connectivity index (χ3n) is 3.20. The van der Waals surface area contributed by atoms with Crippen LogP contribution in [0.5, 0.6) is 5.75 Å². The van der Waals surface area contributed by atoms with E-state index < -0.39 is 5.79 Å². The Morgan fingerprint density at radius 2 is 2.33 bits per heavy atom. The van der Waals surface area contributed by atoms with Crippen LogP contribution in [0.25, 0.3) is 11.0 Å². The van der Waals surface area contributed by atoms with Gasteiger partial charge in [-0.2, -0.15) is 0 Å². The molecule has 3 aromatic rings. The van der Waals surface area contributed by atoms with Crippen molar-refractivity contribution < 1.29 is 14.3 Å². The molecule has 0 amide bonds. The van der Waals surface area contributed by atoms with Gasteiger partial charge in [-0.15, -0.1) is 11.3 Å². The van der Waals surface area contributed by atoms with Gasteiger partial charge in [0, 0.05) is 29.9 Å². The topological polar surface area (TPSA) is 67.5 Å². The van der Waals surface area contributed by atoms with Gasteiger partial charge in [0.25, 0.3) is 5.79 Å². The van der Waals surface area contributed by atoms with Crippen LogP contribution in [-0.2, 0) is 5.79 Å². The van der Waals surface area contributed by atoms with Crippen molar-refractivity contribution in [2.45, 2.75) is 12.2 Å². The van der Waals surface area contributed by atoms with Crippen LogP contribution in [0.4, 0.5) is 0 Å². The fourth-order valence-electron chi connectivity index (χ4n) is 2.14. The van der Waals surface area contributed by atoms with E-state index in [2.05, 4.69) is 10.3 Å². The summed E-state index contributed by atoms with van der Waals surface area (Å²) in [5, 5.41) is 17.2. The van der Waals surface area contributed by atoms with Gasteiger partial charge in [-0.1, -0.05) is 12.1 Å². The first-order valence-electron chi connectivity index (χ1n) is 6.65. The molecule has 0 aliphatic carbocycles. The molecule has 0 saturated carbocycles. The number of nitrogens with one attached hydrogen (secondary N) is 1. The Kier molecular flexibility index (Phi) is 3.92. The number of aromatic nitrogens is 1. The first-order chi connectivity index (χ1) is 10.2. The smallest absolute Gasteiger partial charge is 0.262 e. The zero-order chi connectivity index (χ0) is 14.7. The van der Waals surface area contributed by atoms with Crippen LogP contribution in [0, 0.1) is 0 Å². The molecule has 0 spiro atoms. The molecule has 0 aliphatic rings. The third-order valence-corrected chi connectivity index (χ3v) is 4.11. The fourth-order valence-corrected chi connectivity index (χ4v) is 2.84. The van der Waals surface area contributed by atoms with Crippen molar-refractivity contribution in [3.05, 3.63) is 47.1 Å². The van der Waals surface area contributed by atoms with Gasteiger partial charge in [-0.05, 0) is 19.2 Å². The summed E-state index contributed by atoms with van der Waals surface area (Å²) in [7, 11) is 1.83. The number of fused-ring (bicyclic) bond motifs is 1. The molecule has 2 N–H and O–H groups in total. The summed E-state index contributed by atoms with van der Waals surface area (Å²) in [5.74, 6) is -0.968. The molecule has 110 valence electrons. The molecule has 0 aliphatic heterocycles. The van der Waals surface area contributed by atoms with E-state index in [0.29, 0.717) is 29.3 Å². The lowest BCUT2D eigenvalue weighted by molar-refractivity contribution is -0.149. The normalized spacial score (nSPS) is 14.2. The Bertz CT molecular complexity index is 711. The maximum Gasteiger partial charge on any atom is 0.262 e. The van der Waals surface area contributed by atoms with Crippen LogP contribution in [0.2, 0.25) is 0 Å². The van der Waals surface area contributed by atoms with Crippen molar-refractivity contribution in [2.75, 3.05) is 13.6 Å². The molecule has 0 unspecified atom stereocenters. The molecule has 2 aromatic heterocycles. The summed E-state index contributed by atoms with van der Waals surface area (Å²) in [6, 6.07) is 7.44. The fraction of sp³-hybridized carbons (Fsp3) is 0.267. The summed E-state index contributed by atoms with van der Waals surface area (Å²) < 4.78 is 11.3. The van der Waals surface area contributed by atoms with E-state index in [0.717, 1.165) is 5.39 Å². The van der Waals surface area contributed by atoms with Crippen molar-refractivity contribution in [1.29, 1.82) is 0 Å². The van der Waals surface area contributed by atoms with Gasteiger partial charge in [0.1, 0.15) is 0 Å². The molecule has 21 heavy (non-hydrogen) atoms. The molecule has 6 heteroatoms. The van der Waals surface area contributed by atoms with Crippen LogP contribution in [-0.4, -0.2) is 23.7 Å². The van der Waals surface area contributed by atoms with Gasteiger partial charge < -0.3 is 19.6 Å². The average molecular weight is 304 g/mol. The Balaban J connectivity index is 1.96.